The average molecular weight is 368 g/mol. The molecule has 1 saturated carbocycles. The summed E-state index contributed by atoms with van der Waals surface area (Å²) in [6.45, 7) is 3.51. The second kappa shape index (κ2) is 10.4. The van der Waals surface area contributed by atoms with Gasteiger partial charge in [0.25, 0.3) is 0 Å². The number of hydrogen-bond donors (Lipinski definition) is 1. The van der Waals surface area contributed by atoms with Crippen LogP contribution >= 0.6 is 0 Å². The molecule has 0 heterocycles. The normalized spacial score (nSPS) is 15.8. The second-order valence-corrected chi connectivity index (χ2v) is 7.59. The Morgan fingerprint density at radius 2 is 1.59 bits per heavy atom. The fourth-order valence-electron chi connectivity index (χ4n) is 3.86. The van der Waals surface area contributed by atoms with Crippen molar-refractivity contribution in [3.05, 3.63) is 59.2 Å². The van der Waals surface area contributed by atoms with Gasteiger partial charge in [0.2, 0.25) is 0 Å². The van der Waals surface area contributed by atoms with Gasteiger partial charge in [0.1, 0.15) is 6.61 Å². The SMILES string of the molecule is COc1cccc(CNC2CCCCCCC2)c1OCc1ccccc1C. The number of para-hydroxylation sites is 1. The third kappa shape index (κ3) is 5.74. The molecule has 0 unspecified atom stereocenters. The topological polar surface area (TPSA) is 30.5 Å². The standard InChI is InChI=1S/C24H33NO2/c1-19-11-8-9-12-21(19)18-27-24-20(13-10-16-23(24)26-2)17-25-22-14-6-4-3-5-7-15-22/h8-13,16,22,25H,3-7,14-15,17-18H2,1-2H3. The zero-order chi connectivity index (χ0) is 18.9. The Balaban J connectivity index is 1.68. The van der Waals surface area contributed by atoms with E-state index in [2.05, 4.69) is 48.6 Å². The molecule has 1 fully saturated rings. The number of aryl methyl sites for hydroxylation is 1. The van der Waals surface area contributed by atoms with Crippen LogP contribution in [0.15, 0.2) is 42.5 Å². The minimum atomic E-state index is 0.559. The number of nitrogens with one attached hydrogen (secondary N) is 1. The summed E-state index contributed by atoms with van der Waals surface area (Å²) in [5.74, 6) is 1.67. The lowest BCUT2D eigenvalue weighted by atomic mass is 9.96. The molecule has 0 bridgehead atoms. The van der Waals surface area contributed by atoms with Gasteiger partial charge in [-0.3, -0.25) is 0 Å². The van der Waals surface area contributed by atoms with Crippen LogP contribution in [0.2, 0.25) is 0 Å². The van der Waals surface area contributed by atoms with Crippen LogP contribution in [-0.2, 0) is 13.2 Å². The molecule has 1 aliphatic carbocycles. The van der Waals surface area contributed by atoms with Crippen molar-refractivity contribution in [3.8, 4) is 11.5 Å². The maximum atomic E-state index is 6.25. The Morgan fingerprint density at radius 1 is 0.889 bits per heavy atom. The molecule has 146 valence electrons. The van der Waals surface area contributed by atoms with E-state index in [0.29, 0.717) is 12.6 Å². The monoisotopic (exact) mass is 367 g/mol. The summed E-state index contributed by atoms with van der Waals surface area (Å²) < 4.78 is 11.8. The summed E-state index contributed by atoms with van der Waals surface area (Å²) >= 11 is 0. The minimum Gasteiger partial charge on any atom is -0.493 e. The molecule has 0 aliphatic heterocycles. The van der Waals surface area contributed by atoms with Crippen molar-refractivity contribution in [2.45, 2.75) is 71.1 Å². The summed E-state index contributed by atoms with van der Waals surface area (Å²) in [6, 6.07) is 15.2. The van der Waals surface area contributed by atoms with E-state index in [-0.39, 0.29) is 0 Å². The van der Waals surface area contributed by atoms with Crippen molar-refractivity contribution in [1.82, 2.24) is 5.32 Å². The van der Waals surface area contributed by atoms with Crippen molar-refractivity contribution in [1.29, 1.82) is 0 Å². The molecule has 0 amide bonds. The molecule has 0 atom stereocenters. The zero-order valence-corrected chi connectivity index (χ0v) is 16.8. The summed E-state index contributed by atoms with van der Waals surface area (Å²) in [6.07, 6.45) is 9.40. The summed E-state index contributed by atoms with van der Waals surface area (Å²) in [5.41, 5.74) is 3.63. The molecular weight excluding hydrogens is 334 g/mol. The number of ether oxygens (including phenoxy) is 2. The van der Waals surface area contributed by atoms with Crippen molar-refractivity contribution >= 4 is 0 Å². The summed E-state index contributed by atoms with van der Waals surface area (Å²) in [4.78, 5) is 0. The Hall–Kier alpha value is -2.00. The van der Waals surface area contributed by atoms with Crippen LogP contribution in [0.5, 0.6) is 11.5 Å². The lowest BCUT2D eigenvalue weighted by molar-refractivity contribution is 0.279. The first-order chi connectivity index (χ1) is 13.3. The van der Waals surface area contributed by atoms with Gasteiger partial charge in [-0.05, 0) is 37.0 Å². The maximum Gasteiger partial charge on any atom is 0.166 e. The number of hydrogen-bond acceptors (Lipinski definition) is 3. The highest BCUT2D eigenvalue weighted by molar-refractivity contribution is 5.47. The van der Waals surface area contributed by atoms with Gasteiger partial charge in [0.05, 0.1) is 7.11 Å². The van der Waals surface area contributed by atoms with Crippen molar-refractivity contribution in [2.24, 2.45) is 0 Å². The van der Waals surface area contributed by atoms with Gasteiger partial charge in [-0.2, -0.15) is 0 Å². The molecule has 2 aromatic rings. The van der Waals surface area contributed by atoms with Crippen molar-refractivity contribution < 1.29 is 9.47 Å². The Kier molecular flexibility index (Phi) is 7.58. The molecular formula is C24H33NO2. The fraction of sp³-hybridized carbons (Fsp3) is 0.500. The molecule has 0 spiro atoms. The van der Waals surface area contributed by atoms with E-state index < -0.39 is 0 Å². The predicted molar refractivity (Wildman–Crippen MR) is 111 cm³/mol. The highest BCUT2D eigenvalue weighted by Crippen LogP contribution is 2.32. The first-order valence-electron chi connectivity index (χ1n) is 10.3. The van der Waals surface area contributed by atoms with Gasteiger partial charge in [0, 0.05) is 18.2 Å². The predicted octanol–water partition coefficient (Wildman–Crippen LogP) is 5.79. The fourth-order valence-corrected chi connectivity index (χ4v) is 3.86. The molecule has 3 nitrogen and oxygen atoms in total. The molecule has 1 aliphatic rings. The lowest BCUT2D eigenvalue weighted by Crippen LogP contribution is -2.29. The van der Waals surface area contributed by atoms with E-state index in [1.54, 1.807) is 7.11 Å². The van der Waals surface area contributed by atoms with E-state index in [4.69, 9.17) is 9.47 Å². The van der Waals surface area contributed by atoms with Crippen molar-refractivity contribution in [3.63, 3.8) is 0 Å². The Bertz CT molecular complexity index is 705. The van der Waals surface area contributed by atoms with Crippen LogP contribution in [0, 0.1) is 6.92 Å². The second-order valence-electron chi connectivity index (χ2n) is 7.59. The van der Waals surface area contributed by atoms with Gasteiger partial charge in [-0.1, -0.05) is 68.5 Å². The average Bonchev–Trinajstić information content (AvgIpc) is 2.66. The van der Waals surface area contributed by atoms with Gasteiger partial charge in [0.15, 0.2) is 11.5 Å². The van der Waals surface area contributed by atoms with Gasteiger partial charge in [-0.15, -0.1) is 0 Å². The van der Waals surface area contributed by atoms with Crippen LogP contribution < -0.4 is 14.8 Å². The summed E-state index contributed by atoms with van der Waals surface area (Å²) in [5, 5.41) is 3.77. The van der Waals surface area contributed by atoms with E-state index in [1.807, 2.05) is 6.07 Å². The minimum absolute atomic E-state index is 0.559. The Morgan fingerprint density at radius 3 is 2.33 bits per heavy atom. The number of methoxy groups -OCH3 is 1. The molecule has 3 rings (SSSR count). The van der Waals surface area contributed by atoms with Crippen LogP contribution in [0.25, 0.3) is 0 Å². The van der Waals surface area contributed by atoms with E-state index in [9.17, 15) is 0 Å². The van der Waals surface area contributed by atoms with E-state index in [0.717, 1.165) is 18.0 Å². The number of benzene rings is 2. The maximum absolute atomic E-state index is 6.25. The van der Waals surface area contributed by atoms with Gasteiger partial charge in [-0.25, -0.2) is 0 Å². The van der Waals surface area contributed by atoms with Crippen molar-refractivity contribution in [2.75, 3.05) is 7.11 Å². The van der Waals surface area contributed by atoms with E-state index in [1.165, 1.54) is 61.6 Å². The molecule has 2 aromatic carbocycles. The van der Waals surface area contributed by atoms with Crippen LogP contribution in [0.4, 0.5) is 0 Å². The lowest BCUT2D eigenvalue weighted by Gasteiger charge is -2.22. The first-order valence-corrected chi connectivity index (χ1v) is 10.3. The van der Waals surface area contributed by atoms with Gasteiger partial charge < -0.3 is 14.8 Å². The third-order valence-electron chi connectivity index (χ3n) is 5.60. The first kappa shape index (κ1) is 19.8. The van der Waals surface area contributed by atoms with Crippen LogP contribution in [-0.4, -0.2) is 13.2 Å². The summed E-state index contributed by atoms with van der Waals surface area (Å²) in [7, 11) is 1.71. The molecule has 27 heavy (non-hydrogen) atoms. The molecule has 0 aromatic heterocycles. The van der Waals surface area contributed by atoms with Crippen LogP contribution in [0.1, 0.15) is 61.6 Å². The molecule has 1 N–H and O–H groups in total. The quantitative estimate of drug-likeness (QED) is 0.672. The largest absolute Gasteiger partial charge is 0.493 e. The highest BCUT2D eigenvalue weighted by Gasteiger charge is 2.15. The molecule has 3 heteroatoms. The van der Waals surface area contributed by atoms with Crippen LogP contribution in [0.3, 0.4) is 0 Å². The third-order valence-corrected chi connectivity index (χ3v) is 5.60. The zero-order valence-electron chi connectivity index (χ0n) is 16.8. The smallest absolute Gasteiger partial charge is 0.166 e. The molecule has 0 radical (unpaired) electrons. The Labute approximate surface area is 164 Å². The highest BCUT2D eigenvalue weighted by atomic mass is 16.5. The number of rotatable bonds is 7. The van der Waals surface area contributed by atoms with Gasteiger partial charge >= 0.3 is 0 Å². The van der Waals surface area contributed by atoms with E-state index >= 15 is 0 Å². The molecule has 0 saturated heterocycles.